The number of hydrogen-bond acceptors (Lipinski definition) is 1. The number of nitrogens with one attached hydrogen (secondary N) is 1. The van der Waals surface area contributed by atoms with Gasteiger partial charge in [-0.1, -0.05) is 25.5 Å². The highest BCUT2D eigenvalue weighted by molar-refractivity contribution is 9.10. The topological polar surface area (TPSA) is 29.1 Å². The van der Waals surface area contributed by atoms with E-state index in [4.69, 9.17) is 0 Å². The summed E-state index contributed by atoms with van der Waals surface area (Å²) in [7, 11) is 0. The minimum Gasteiger partial charge on any atom is -0.325 e. The summed E-state index contributed by atoms with van der Waals surface area (Å²) in [6.07, 6.45) is 2.58. The predicted molar refractivity (Wildman–Crippen MR) is 67.0 cm³/mol. The van der Waals surface area contributed by atoms with Crippen molar-refractivity contribution < 1.29 is 4.79 Å². The molecular weight excluding hydrogens is 254 g/mol. The second kappa shape index (κ2) is 5.91. The van der Waals surface area contributed by atoms with E-state index >= 15 is 0 Å². The summed E-state index contributed by atoms with van der Waals surface area (Å²) in [5, 5.41) is 2.90. The lowest BCUT2D eigenvalue weighted by Crippen LogP contribution is -2.11. The normalized spacial score (nSPS) is 10.1. The van der Waals surface area contributed by atoms with E-state index in [1.807, 2.05) is 25.1 Å². The molecule has 1 amide bonds. The number of anilines is 1. The van der Waals surface area contributed by atoms with Crippen molar-refractivity contribution in [1.29, 1.82) is 0 Å². The molecule has 82 valence electrons. The van der Waals surface area contributed by atoms with Crippen molar-refractivity contribution >= 4 is 27.5 Å². The third kappa shape index (κ3) is 3.67. The zero-order valence-electron chi connectivity index (χ0n) is 9.14. The number of hydrogen-bond donors (Lipinski definition) is 1. The van der Waals surface area contributed by atoms with Crippen molar-refractivity contribution in [2.45, 2.75) is 33.1 Å². The summed E-state index contributed by atoms with van der Waals surface area (Å²) >= 11 is 3.46. The fourth-order valence-corrected chi connectivity index (χ4v) is 1.66. The second-order valence-corrected chi connectivity index (χ2v) is 4.38. The SMILES string of the molecule is CCCCC(=O)Nc1cccc(C)c1Br. The first-order chi connectivity index (χ1) is 7.15. The Bertz CT molecular complexity index is 349. The molecule has 1 rings (SSSR count). The Hall–Kier alpha value is -0.830. The molecule has 0 aliphatic rings. The van der Waals surface area contributed by atoms with Crippen molar-refractivity contribution in [3.8, 4) is 0 Å². The smallest absolute Gasteiger partial charge is 0.224 e. The van der Waals surface area contributed by atoms with Crippen LogP contribution < -0.4 is 5.32 Å². The Morgan fingerprint density at radius 2 is 2.20 bits per heavy atom. The lowest BCUT2D eigenvalue weighted by Gasteiger charge is -2.08. The standard InChI is InChI=1S/C12H16BrNO/c1-3-4-8-11(15)14-10-7-5-6-9(2)12(10)13/h5-7H,3-4,8H2,1-2H3,(H,14,15). The number of unbranched alkanes of at least 4 members (excludes halogenated alkanes) is 1. The molecule has 0 saturated carbocycles. The van der Waals surface area contributed by atoms with Gasteiger partial charge in [0.05, 0.1) is 5.69 Å². The Balaban J connectivity index is 2.64. The first kappa shape index (κ1) is 12.2. The molecule has 0 radical (unpaired) electrons. The van der Waals surface area contributed by atoms with Crippen LogP contribution in [0, 0.1) is 6.92 Å². The van der Waals surface area contributed by atoms with Crippen LogP contribution in [0.4, 0.5) is 5.69 Å². The Kier molecular flexibility index (Phi) is 4.82. The van der Waals surface area contributed by atoms with Crippen molar-refractivity contribution in [2.75, 3.05) is 5.32 Å². The highest BCUT2D eigenvalue weighted by Gasteiger charge is 2.05. The molecule has 0 aliphatic carbocycles. The number of aryl methyl sites for hydroxylation is 1. The van der Waals surface area contributed by atoms with Gasteiger partial charge in [0, 0.05) is 10.9 Å². The van der Waals surface area contributed by atoms with E-state index in [0.29, 0.717) is 6.42 Å². The molecule has 0 saturated heterocycles. The maximum Gasteiger partial charge on any atom is 0.224 e. The van der Waals surface area contributed by atoms with Crippen molar-refractivity contribution in [3.63, 3.8) is 0 Å². The highest BCUT2D eigenvalue weighted by atomic mass is 79.9. The molecule has 15 heavy (non-hydrogen) atoms. The van der Waals surface area contributed by atoms with E-state index in [2.05, 4.69) is 28.2 Å². The quantitative estimate of drug-likeness (QED) is 0.883. The van der Waals surface area contributed by atoms with Gasteiger partial charge >= 0.3 is 0 Å². The van der Waals surface area contributed by atoms with E-state index in [1.165, 1.54) is 0 Å². The Labute approximate surface area is 99.2 Å². The maximum absolute atomic E-state index is 11.5. The van der Waals surface area contributed by atoms with Gasteiger partial charge in [-0.25, -0.2) is 0 Å². The minimum absolute atomic E-state index is 0.0863. The van der Waals surface area contributed by atoms with Crippen LogP contribution in [-0.4, -0.2) is 5.91 Å². The zero-order valence-corrected chi connectivity index (χ0v) is 10.7. The fourth-order valence-electron chi connectivity index (χ4n) is 1.29. The lowest BCUT2D eigenvalue weighted by molar-refractivity contribution is -0.116. The van der Waals surface area contributed by atoms with Crippen LogP contribution in [0.15, 0.2) is 22.7 Å². The monoisotopic (exact) mass is 269 g/mol. The molecule has 0 heterocycles. The van der Waals surface area contributed by atoms with E-state index in [9.17, 15) is 4.79 Å². The van der Waals surface area contributed by atoms with Gasteiger partial charge in [0.25, 0.3) is 0 Å². The van der Waals surface area contributed by atoms with Gasteiger partial charge in [-0.2, -0.15) is 0 Å². The van der Waals surface area contributed by atoms with Crippen LogP contribution in [0.25, 0.3) is 0 Å². The molecule has 1 aromatic carbocycles. The molecule has 0 unspecified atom stereocenters. The first-order valence-electron chi connectivity index (χ1n) is 5.20. The summed E-state index contributed by atoms with van der Waals surface area (Å²) in [5.74, 6) is 0.0863. The number of benzene rings is 1. The van der Waals surface area contributed by atoms with Gasteiger partial charge in [0.2, 0.25) is 5.91 Å². The molecular formula is C12H16BrNO. The predicted octanol–water partition coefficient (Wildman–Crippen LogP) is 3.89. The lowest BCUT2D eigenvalue weighted by atomic mass is 10.2. The Morgan fingerprint density at radius 3 is 2.87 bits per heavy atom. The van der Waals surface area contributed by atoms with Crippen LogP contribution >= 0.6 is 15.9 Å². The summed E-state index contributed by atoms with van der Waals surface area (Å²) in [5.41, 5.74) is 1.99. The van der Waals surface area contributed by atoms with E-state index in [0.717, 1.165) is 28.6 Å². The number of rotatable bonds is 4. The maximum atomic E-state index is 11.5. The fraction of sp³-hybridized carbons (Fsp3) is 0.417. The molecule has 1 aromatic rings. The number of carbonyl (C=O) groups excluding carboxylic acids is 1. The van der Waals surface area contributed by atoms with E-state index in [1.54, 1.807) is 0 Å². The Morgan fingerprint density at radius 1 is 1.47 bits per heavy atom. The third-order valence-corrected chi connectivity index (χ3v) is 3.28. The number of carbonyl (C=O) groups is 1. The van der Waals surface area contributed by atoms with Crippen molar-refractivity contribution in [2.24, 2.45) is 0 Å². The van der Waals surface area contributed by atoms with Crippen LogP contribution in [0.5, 0.6) is 0 Å². The molecule has 0 aliphatic heterocycles. The molecule has 2 nitrogen and oxygen atoms in total. The molecule has 1 N–H and O–H groups in total. The average Bonchev–Trinajstić information content (AvgIpc) is 2.22. The van der Waals surface area contributed by atoms with Gasteiger partial charge in [0.1, 0.15) is 0 Å². The molecule has 0 aromatic heterocycles. The van der Waals surface area contributed by atoms with Gasteiger partial charge in [-0.05, 0) is 40.9 Å². The minimum atomic E-state index is 0.0863. The van der Waals surface area contributed by atoms with Gasteiger partial charge in [-0.3, -0.25) is 4.79 Å². The molecule has 0 fully saturated rings. The van der Waals surface area contributed by atoms with Crippen LogP contribution in [-0.2, 0) is 4.79 Å². The van der Waals surface area contributed by atoms with Crippen LogP contribution in [0.3, 0.4) is 0 Å². The van der Waals surface area contributed by atoms with Crippen molar-refractivity contribution in [3.05, 3.63) is 28.2 Å². The second-order valence-electron chi connectivity index (χ2n) is 3.59. The van der Waals surface area contributed by atoms with Crippen molar-refractivity contribution in [1.82, 2.24) is 0 Å². The molecule has 0 atom stereocenters. The first-order valence-corrected chi connectivity index (χ1v) is 5.99. The van der Waals surface area contributed by atoms with E-state index < -0.39 is 0 Å². The molecule has 3 heteroatoms. The summed E-state index contributed by atoms with van der Waals surface area (Å²) in [6, 6.07) is 5.85. The van der Waals surface area contributed by atoms with E-state index in [-0.39, 0.29) is 5.91 Å². The average molecular weight is 270 g/mol. The largest absolute Gasteiger partial charge is 0.325 e. The van der Waals surface area contributed by atoms with Gasteiger partial charge < -0.3 is 5.32 Å². The van der Waals surface area contributed by atoms with Crippen LogP contribution in [0.2, 0.25) is 0 Å². The van der Waals surface area contributed by atoms with Gasteiger partial charge in [0.15, 0.2) is 0 Å². The number of halogens is 1. The molecule has 0 spiro atoms. The summed E-state index contributed by atoms with van der Waals surface area (Å²) in [4.78, 5) is 11.5. The molecule has 0 bridgehead atoms. The zero-order chi connectivity index (χ0) is 11.3. The highest BCUT2D eigenvalue weighted by Crippen LogP contribution is 2.25. The van der Waals surface area contributed by atoms with Crippen LogP contribution in [0.1, 0.15) is 31.7 Å². The van der Waals surface area contributed by atoms with Gasteiger partial charge in [-0.15, -0.1) is 0 Å². The third-order valence-electron chi connectivity index (χ3n) is 2.22. The number of amides is 1. The summed E-state index contributed by atoms with van der Waals surface area (Å²) < 4.78 is 0.967. The summed E-state index contributed by atoms with van der Waals surface area (Å²) in [6.45, 7) is 4.08.